The molecule has 5 aliphatic rings. The molecule has 2 aromatic carbocycles. The van der Waals surface area contributed by atoms with Crippen LogP contribution in [0.25, 0.3) is 0 Å². The van der Waals surface area contributed by atoms with Crippen molar-refractivity contribution in [3.05, 3.63) is 60.2 Å². The van der Waals surface area contributed by atoms with Crippen molar-refractivity contribution >= 4 is 49.1 Å². The molecule has 216 valence electrons. The van der Waals surface area contributed by atoms with Gasteiger partial charge in [0.05, 0.1) is 10.6 Å². The number of fused-ring (bicyclic) bond motifs is 5. The lowest BCUT2D eigenvalue weighted by molar-refractivity contribution is -0.158. The van der Waals surface area contributed by atoms with Crippen molar-refractivity contribution in [2.24, 2.45) is 0 Å². The molecule has 0 aliphatic carbocycles. The van der Waals surface area contributed by atoms with E-state index in [9.17, 15) is 18.0 Å². The van der Waals surface area contributed by atoms with E-state index in [1.165, 1.54) is 39.8 Å². The van der Waals surface area contributed by atoms with Gasteiger partial charge in [0.2, 0.25) is 0 Å². The minimum Gasteiger partial charge on any atom is -0.322 e. The predicted molar refractivity (Wildman–Crippen MR) is 162 cm³/mol. The number of rotatable bonds is 2. The fourth-order valence-electron chi connectivity index (χ4n) is 5.05. The summed E-state index contributed by atoms with van der Waals surface area (Å²) < 4.78 is 45.4. The number of benzene rings is 2. The van der Waals surface area contributed by atoms with E-state index in [0.29, 0.717) is 0 Å². The third-order valence-electron chi connectivity index (χ3n) is 6.38. The second-order valence-electron chi connectivity index (χ2n) is 7.98. The molecule has 0 aromatic heterocycles. The highest BCUT2D eigenvalue weighted by Gasteiger charge is 2.77. The average Bonchev–Trinajstić information content (AvgIpc) is 3.18. The van der Waals surface area contributed by atoms with Crippen LogP contribution in [0.1, 0.15) is 64.0 Å². The van der Waals surface area contributed by atoms with Crippen molar-refractivity contribution in [2.45, 2.75) is 85.4 Å². The highest BCUT2D eigenvalue weighted by atomic mass is 33.1. The van der Waals surface area contributed by atoms with Gasteiger partial charge in [0.15, 0.2) is 22.1 Å². The molecule has 4 fully saturated rings. The average molecular weight is 590 g/mol. The molecule has 0 radical (unpaired) electrons. The molecular weight excluding hydrogens is 546 g/mol. The van der Waals surface area contributed by atoms with E-state index in [1.54, 1.807) is 42.5 Å². The lowest BCUT2D eigenvalue weighted by Gasteiger charge is -2.53. The Balaban J connectivity index is 0. The molecule has 38 heavy (non-hydrogen) atoms. The number of halogens is 1. The van der Waals surface area contributed by atoms with Crippen LogP contribution in [0.3, 0.4) is 0 Å². The molecule has 2 aromatic rings. The van der Waals surface area contributed by atoms with Crippen LogP contribution in [0.5, 0.6) is 0 Å². The minimum absolute atomic E-state index is 0. The first-order valence-electron chi connectivity index (χ1n) is 9.56. The number of amides is 2. The largest absolute Gasteiger partial charge is 0.322 e. The second-order valence-corrected chi connectivity index (χ2v) is 12.4. The van der Waals surface area contributed by atoms with Gasteiger partial charge in [-0.3, -0.25) is 14.5 Å². The Morgan fingerprint density at radius 3 is 2.05 bits per heavy atom. The number of sulfonamides is 1. The van der Waals surface area contributed by atoms with Crippen molar-refractivity contribution in [1.82, 2.24) is 9.80 Å². The van der Waals surface area contributed by atoms with Gasteiger partial charge >= 0.3 is 0 Å². The number of hydrogen-bond donors (Lipinski definition) is 0. The number of piperazine rings is 1. The van der Waals surface area contributed by atoms with Gasteiger partial charge in [0, 0.05) is 19.0 Å². The summed E-state index contributed by atoms with van der Waals surface area (Å²) in [7, 11) is -0.307. The predicted octanol–water partition coefficient (Wildman–Crippen LogP) is 6.96. The van der Waals surface area contributed by atoms with Crippen molar-refractivity contribution in [1.29, 1.82) is 0 Å². The quantitative estimate of drug-likeness (QED) is 0.353. The first-order chi connectivity index (χ1) is 14.7. The molecular formula is C27H44FN3O4S3. The molecule has 1 spiro atoms. The summed E-state index contributed by atoms with van der Waals surface area (Å²) in [5.41, 5.74) is -1.83. The van der Waals surface area contributed by atoms with Crippen LogP contribution < -0.4 is 4.31 Å². The van der Waals surface area contributed by atoms with Crippen molar-refractivity contribution in [3.8, 4) is 0 Å². The number of anilines is 1. The van der Waals surface area contributed by atoms with Gasteiger partial charge in [-0.1, -0.05) is 110 Å². The number of alkyl halides is 1. The number of carbonyl (C=O) groups is 2. The molecule has 5 heterocycles. The Hall–Kier alpha value is -2.24. The Bertz CT molecular complexity index is 1260. The van der Waals surface area contributed by atoms with Crippen LogP contribution in [0.2, 0.25) is 0 Å². The second kappa shape index (κ2) is 11.9. The molecule has 4 saturated heterocycles. The van der Waals surface area contributed by atoms with Gasteiger partial charge in [0.1, 0.15) is 0 Å². The SMILES string of the molecule is C.C.C.C.C.C.C.CN1C(=O)[C@@]23C[C@]4(F)c5ccccc5N(S(=O)(=O)c5ccccc5)[C@@H]4N2C(=O)[C@@H]1SS3. The maximum absolute atomic E-state index is 16.9. The van der Waals surface area contributed by atoms with Gasteiger partial charge in [-0.2, -0.15) is 0 Å². The van der Waals surface area contributed by atoms with Crippen LogP contribution in [-0.2, 0) is 25.3 Å². The Morgan fingerprint density at radius 2 is 1.45 bits per heavy atom. The molecule has 0 saturated carbocycles. The summed E-state index contributed by atoms with van der Waals surface area (Å²) in [5.74, 6) is -0.821. The van der Waals surface area contributed by atoms with Gasteiger partial charge in [-0.25, -0.2) is 17.1 Å². The molecule has 7 nitrogen and oxygen atoms in total. The molecule has 0 unspecified atom stereocenters. The van der Waals surface area contributed by atoms with E-state index in [1.807, 2.05) is 0 Å². The van der Waals surface area contributed by atoms with Crippen molar-refractivity contribution in [2.75, 3.05) is 11.4 Å². The third kappa shape index (κ3) is 4.21. The van der Waals surface area contributed by atoms with E-state index in [2.05, 4.69) is 0 Å². The monoisotopic (exact) mass is 589 g/mol. The Morgan fingerprint density at radius 1 is 0.895 bits per heavy atom. The van der Waals surface area contributed by atoms with Crippen molar-refractivity contribution < 1.29 is 22.4 Å². The van der Waals surface area contributed by atoms with E-state index in [0.717, 1.165) is 15.1 Å². The van der Waals surface area contributed by atoms with E-state index >= 15 is 4.39 Å². The fourth-order valence-corrected chi connectivity index (χ4v) is 10.2. The van der Waals surface area contributed by atoms with E-state index < -0.39 is 38.0 Å². The highest BCUT2D eigenvalue weighted by molar-refractivity contribution is 8.78. The number of likely N-dealkylation sites (N-methyl/N-ethyl adjacent to an activating group) is 1. The first kappa shape index (κ1) is 37.9. The maximum atomic E-state index is 16.9. The summed E-state index contributed by atoms with van der Waals surface area (Å²) in [5, 5.41) is -0.813. The van der Waals surface area contributed by atoms with Crippen LogP contribution in [0.15, 0.2) is 59.5 Å². The van der Waals surface area contributed by atoms with E-state index in [-0.39, 0.29) is 80.5 Å². The van der Waals surface area contributed by atoms with Crippen LogP contribution in [0, 0.1) is 0 Å². The molecule has 2 bridgehead atoms. The van der Waals surface area contributed by atoms with Gasteiger partial charge in [0.25, 0.3) is 21.8 Å². The summed E-state index contributed by atoms with van der Waals surface area (Å²) in [6.45, 7) is 0. The van der Waals surface area contributed by atoms with Gasteiger partial charge in [-0.05, 0) is 18.2 Å². The topological polar surface area (TPSA) is 78.0 Å². The Labute approximate surface area is 237 Å². The lowest BCUT2D eigenvalue weighted by Crippen LogP contribution is -2.72. The molecule has 11 heteroatoms. The maximum Gasteiger partial charge on any atom is 0.266 e. The number of carbonyl (C=O) groups excluding carboxylic acids is 2. The summed E-state index contributed by atoms with van der Waals surface area (Å²) in [6, 6.07) is 14.1. The highest BCUT2D eigenvalue weighted by Crippen LogP contribution is 2.68. The molecule has 0 N–H and O–H groups in total. The first-order valence-corrected chi connectivity index (χ1v) is 13.2. The Kier molecular flexibility index (Phi) is 11.8. The van der Waals surface area contributed by atoms with Crippen LogP contribution in [-0.4, -0.2) is 53.5 Å². The number of hydrogen-bond acceptors (Lipinski definition) is 6. The lowest BCUT2D eigenvalue weighted by atomic mass is 9.92. The summed E-state index contributed by atoms with van der Waals surface area (Å²) in [4.78, 5) is 27.6. The zero-order valence-electron chi connectivity index (χ0n) is 16.1. The number of para-hydroxylation sites is 1. The normalized spacial score (nSPS) is 27.4. The number of nitrogens with zero attached hydrogens (tertiary/aromatic N) is 3. The fraction of sp³-hybridized carbons (Fsp3) is 0.481. The molecule has 5 aliphatic heterocycles. The third-order valence-corrected chi connectivity index (χ3v) is 11.4. The zero-order chi connectivity index (χ0) is 21.8. The molecule has 7 rings (SSSR count). The molecule has 2 amide bonds. The van der Waals surface area contributed by atoms with Crippen LogP contribution >= 0.6 is 21.6 Å². The van der Waals surface area contributed by atoms with Gasteiger partial charge in [-0.15, -0.1) is 0 Å². The van der Waals surface area contributed by atoms with E-state index in [4.69, 9.17) is 0 Å². The summed E-state index contributed by atoms with van der Waals surface area (Å²) in [6.07, 6.45) is -1.77. The molecule has 4 atom stereocenters. The summed E-state index contributed by atoms with van der Waals surface area (Å²) >= 11 is 0. The van der Waals surface area contributed by atoms with Crippen molar-refractivity contribution in [3.63, 3.8) is 0 Å². The smallest absolute Gasteiger partial charge is 0.266 e. The standard InChI is InChI=1S/C20H16FN3O4S3.7CH4/c1-22-16-15(25)23-17-19(21,11-20(23,18(22)26)30-29-16)13-9-5-6-10-14(13)24(17)31(27,28)12-7-3-2-4-8-12;;;;;;;/h2-10,16-17H,11H2,1H3;7*1H4/t16-,17-,19-,20-;;;;;;;/m0......./s1. The minimum atomic E-state index is -4.21. The van der Waals surface area contributed by atoms with Crippen LogP contribution in [0.4, 0.5) is 10.1 Å². The van der Waals surface area contributed by atoms with Gasteiger partial charge < -0.3 is 4.90 Å². The zero-order valence-corrected chi connectivity index (χ0v) is 18.6.